The van der Waals surface area contributed by atoms with E-state index in [2.05, 4.69) is 22.5 Å². The largest absolute Gasteiger partial charge is 0.361 e. The highest BCUT2D eigenvalue weighted by molar-refractivity contribution is 7.80. The van der Waals surface area contributed by atoms with Crippen molar-refractivity contribution in [3.8, 4) is 0 Å². The Morgan fingerprint density at radius 3 is 2.85 bits per heavy atom. The third-order valence-corrected chi connectivity index (χ3v) is 4.15. The molecule has 1 aromatic carbocycles. The first-order chi connectivity index (χ1) is 9.63. The second-order valence-electron chi connectivity index (χ2n) is 5.42. The van der Waals surface area contributed by atoms with Crippen molar-refractivity contribution in [1.29, 1.82) is 0 Å². The molecule has 5 heteroatoms. The van der Waals surface area contributed by atoms with Crippen molar-refractivity contribution in [2.24, 2.45) is 5.92 Å². The van der Waals surface area contributed by atoms with E-state index < -0.39 is 0 Å². The summed E-state index contributed by atoms with van der Waals surface area (Å²) in [5, 5.41) is 7.75. The lowest BCUT2D eigenvalue weighted by Crippen LogP contribution is -2.40. The normalized spacial score (nSPS) is 16.9. The first-order valence-electron chi connectivity index (χ1n) is 7.16. The fourth-order valence-electron chi connectivity index (χ4n) is 2.35. The molecule has 0 aromatic heterocycles. The first-order valence-corrected chi connectivity index (χ1v) is 7.95. The van der Waals surface area contributed by atoms with Crippen LogP contribution in [0.15, 0.2) is 24.3 Å². The summed E-state index contributed by atoms with van der Waals surface area (Å²) in [5.74, 6) is 0.879. The van der Waals surface area contributed by atoms with Crippen molar-refractivity contribution in [2.75, 3.05) is 31.5 Å². The Morgan fingerprint density at radius 2 is 2.15 bits per heavy atom. The predicted molar refractivity (Wildman–Crippen MR) is 90.5 cm³/mol. The maximum atomic E-state index is 5.94. The highest BCUT2D eigenvalue weighted by Crippen LogP contribution is 2.15. The van der Waals surface area contributed by atoms with Crippen LogP contribution in [0.25, 0.3) is 0 Å². The zero-order valence-corrected chi connectivity index (χ0v) is 13.4. The number of benzene rings is 1. The van der Waals surface area contributed by atoms with Crippen molar-refractivity contribution < 1.29 is 0 Å². The molecule has 0 aliphatic carbocycles. The summed E-state index contributed by atoms with van der Waals surface area (Å²) < 4.78 is 0. The standard InChI is InChI=1S/C15H22ClN3S/c1-12-5-8-19(9-6-12)10-7-17-15(20)18-14-4-2-3-13(16)11-14/h2-4,11-12H,5-10H2,1H3,(H2,17,18,20). The summed E-state index contributed by atoms with van der Waals surface area (Å²) >= 11 is 11.2. The monoisotopic (exact) mass is 311 g/mol. The molecule has 0 radical (unpaired) electrons. The van der Waals surface area contributed by atoms with Crippen molar-refractivity contribution >= 4 is 34.6 Å². The molecular formula is C15H22ClN3S. The lowest BCUT2D eigenvalue weighted by atomic mass is 9.99. The van der Waals surface area contributed by atoms with Gasteiger partial charge < -0.3 is 15.5 Å². The Bertz CT molecular complexity index is 444. The molecule has 0 amide bonds. The number of likely N-dealkylation sites (tertiary alicyclic amines) is 1. The maximum Gasteiger partial charge on any atom is 0.170 e. The number of halogens is 1. The van der Waals surface area contributed by atoms with E-state index in [-0.39, 0.29) is 0 Å². The lowest BCUT2D eigenvalue weighted by Gasteiger charge is -2.30. The predicted octanol–water partition coefficient (Wildman–Crippen LogP) is 3.36. The van der Waals surface area contributed by atoms with Gasteiger partial charge in [0.15, 0.2) is 5.11 Å². The summed E-state index contributed by atoms with van der Waals surface area (Å²) in [7, 11) is 0. The van der Waals surface area contributed by atoms with Crippen LogP contribution in [0.2, 0.25) is 5.02 Å². The molecule has 1 aromatic rings. The minimum atomic E-state index is 0.651. The van der Waals surface area contributed by atoms with Gasteiger partial charge >= 0.3 is 0 Å². The van der Waals surface area contributed by atoms with Crippen LogP contribution in [0.1, 0.15) is 19.8 Å². The minimum Gasteiger partial charge on any atom is -0.361 e. The molecule has 0 saturated carbocycles. The van der Waals surface area contributed by atoms with Gasteiger partial charge in [-0.05, 0) is 62.3 Å². The molecule has 110 valence electrons. The van der Waals surface area contributed by atoms with Crippen molar-refractivity contribution in [3.63, 3.8) is 0 Å². The number of piperidine rings is 1. The van der Waals surface area contributed by atoms with Crippen LogP contribution in [0.4, 0.5) is 5.69 Å². The van der Waals surface area contributed by atoms with Gasteiger partial charge in [-0.15, -0.1) is 0 Å². The van der Waals surface area contributed by atoms with Gasteiger partial charge in [0.25, 0.3) is 0 Å². The molecule has 0 spiro atoms. The van der Waals surface area contributed by atoms with Crippen molar-refractivity contribution in [1.82, 2.24) is 10.2 Å². The Hall–Kier alpha value is -0.840. The minimum absolute atomic E-state index is 0.651. The second kappa shape index (κ2) is 7.81. The average Bonchev–Trinajstić information content (AvgIpc) is 2.41. The number of thiocarbonyl (C=S) groups is 1. The number of hydrogen-bond acceptors (Lipinski definition) is 2. The molecule has 0 bridgehead atoms. The number of nitrogens with zero attached hydrogens (tertiary/aromatic N) is 1. The van der Waals surface area contributed by atoms with Gasteiger partial charge in [-0.1, -0.05) is 24.6 Å². The molecule has 3 nitrogen and oxygen atoms in total. The fraction of sp³-hybridized carbons (Fsp3) is 0.533. The molecule has 1 heterocycles. The quantitative estimate of drug-likeness (QED) is 0.834. The van der Waals surface area contributed by atoms with E-state index in [0.717, 1.165) is 24.7 Å². The van der Waals surface area contributed by atoms with Gasteiger partial charge in [0.2, 0.25) is 0 Å². The molecule has 1 aliphatic rings. The number of nitrogens with one attached hydrogen (secondary N) is 2. The van der Waals surface area contributed by atoms with E-state index in [0.29, 0.717) is 10.1 Å². The molecule has 1 aliphatic heterocycles. The van der Waals surface area contributed by atoms with Crippen LogP contribution < -0.4 is 10.6 Å². The van der Waals surface area contributed by atoms with E-state index >= 15 is 0 Å². The van der Waals surface area contributed by atoms with E-state index in [9.17, 15) is 0 Å². The molecule has 1 fully saturated rings. The SMILES string of the molecule is CC1CCN(CCNC(=S)Nc2cccc(Cl)c2)CC1. The second-order valence-corrected chi connectivity index (χ2v) is 6.26. The highest BCUT2D eigenvalue weighted by Gasteiger charge is 2.14. The fourth-order valence-corrected chi connectivity index (χ4v) is 2.76. The topological polar surface area (TPSA) is 27.3 Å². The molecule has 1 saturated heterocycles. The van der Waals surface area contributed by atoms with E-state index in [1.807, 2.05) is 24.3 Å². The van der Waals surface area contributed by atoms with Crippen LogP contribution in [0, 0.1) is 5.92 Å². The van der Waals surface area contributed by atoms with Crippen molar-refractivity contribution in [2.45, 2.75) is 19.8 Å². The van der Waals surface area contributed by atoms with Gasteiger partial charge in [0.05, 0.1) is 0 Å². The van der Waals surface area contributed by atoms with E-state index in [4.69, 9.17) is 23.8 Å². The number of hydrogen-bond donors (Lipinski definition) is 2. The summed E-state index contributed by atoms with van der Waals surface area (Å²) in [6.45, 7) is 6.67. The van der Waals surface area contributed by atoms with Crippen LogP contribution in [-0.4, -0.2) is 36.2 Å². The Labute approximate surface area is 131 Å². The zero-order valence-electron chi connectivity index (χ0n) is 11.9. The van der Waals surface area contributed by atoms with Crippen LogP contribution in [-0.2, 0) is 0 Å². The molecular weight excluding hydrogens is 290 g/mol. The van der Waals surface area contributed by atoms with Crippen LogP contribution in [0.3, 0.4) is 0 Å². The summed E-state index contributed by atoms with van der Waals surface area (Å²) in [6.07, 6.45) is 2.62. The number of rotatable bonds is 4. The van der Waals surface area contributed by atoms with E-state index in [1.54, 1.807) is 0 Å². The molecule has 0 unspecified atom stereocenters. The van der Waals surface area contributed by atoms with Gasteiger partial charge in [0, 0.05) is 23.8 Å². The Kier molecular flexibility index (Phi) is 6.07. The van der Waals surface area contributed by atoms with E-state index in [1.165, 1.54) is 25.9 Å². The summed E-state index contributed by atoms with van der Waals surface area (Å²) in [6, 6.07) is 7.57. The van der Waals surface area contributed by atoms with Crippen molar-refractivity contribution in [3.05, 3.63) is 29.3 Å². The smallest absolute Gasteiger partial charge is 0.170 e. The van der Waals surface area contributed by atoms with Gasteiger partial charge in [-0.25, -0.2) is 0 Å². The highest BCUT2D eigenvalue weighted by atomic mass is 35.5. The molecule has 2 N–H and O–H groups in total. The summed E-state index contributed by atoms with van der Waals surface area (Å²) in [5.41, 5.74) is 0.918. The summed E-state index contributed by atoms with van der Waals surface area (Å²) in [4.78, 5) is 2.50. The first kappa shape index (κ1) is 15.5. The van der Waals surface area contributed by atoms with Gasteiger partial charge in [-0.3, -0.25) is 0 Å². The average molecular weight is 312 g/mol. The van der Waals surface area contributed by atoms with Gasteiger partial charge in [0.1, 0.15) is 0 Å². The Balaban J connectivity index is 1.65. The molecule has 0 atom stereocenters. The molecule has 2 rings (SSSR count). The third kappa shape index (κ3) is 5.27. The van der Waals surface area contributed by atoms with Gasteiger partial charge in [-0.2, -0.15) is 0 Å². The Morgan fingerprint density at radius 1 is 1.40 bits per heavy atom. The lowest BCUT2D eigenvalue weighted by molar-refractivity contribution is 0.195. The van der Waals surface area contributed by atoms with Crippen LogP contribution >= 0.6 is 23.8 Å². The number of anilines is 1. The van der Waals surface area contributed by atoms with Crippen LogP contribution in [0.5, 0.6) is 0 Å². The third-order valence-electron chi connectivity index (χ3n) is 3.67. The molecule has 20 heavy (non-hydrogen) atoms. The maximum absolute atomic E-state index is 5.94. The zero-order chi connectivity index (χ0) is 14.4.